The van der Waals surface area contributed by atoms with Gasteiger partial charge < -0.3 is 9.64 Å². The molecule has 1 aromatic heterocycles. The minimum absolute atomic E-state index is 0.0957. The van der Waals surface area contributed by atoms with Crippen molar-refractivity contribution in [2.24, 2.45) is 0 Å². The number of rotatable bonds is 4. The summed E-state index contributed by atoms with van der Waals surface area (Å²) in [7, 11) is 1.47. The highest BCUT2D eigenvalue weighted by Crippen LogP contribution is 2.19. The van der Waals surface area contributed by atoms with E-state index in [9.17, 15) is 9.18 Å². The van der Waals surface area contributed by atoms with Crippen molar-refractivity contribution in [2.45, 2.75) is 6.54 Å². The van der Waals surface area contributed by atoms with Crippen LogP contribution in [-0.4, -0.2) is 54.0 Å². The molecular weight excluding hydrogens is 309 g/mol. The van der Waals surface area contributed by atoms with Crippen molar-refractivity contribution in [3.63, 3.8) is 0 Å². The van der Waals surface area contributed by atoms with Crippen LogP contribution in [-0.2, 0) is 6.54 Å². The zero-order chi connectivity index (χ0) is 16.9. The Bertz CT molecular complexity index is 701. The summed E-state index contributed by atoms with van der Waals surface area (Å²) in [6.07, 6.45) is 3.56. The van der Waals surface area contributed by atoms with Gasteiger partial charge in [-0.15, -0.1) is 0 Å². The molecule has 5 nitrogen and oxygen atoms in total. The molecule has 1 aromatic carbocycles. The lowest BCUT2D eigenvalue weighted by Crippen LogP contribution is -2.48. The smallest absolute Gasteiger partial charge is 0.256 e. The molecule has 2 heterocycles. The van der Waals surface area contributed by atoms with Crippen molar-refractivity contribution in [1.82, 2.24) is 14.8 Å². The number of carbonyl (C=O) groups excluding carboxylic acids is 1. The second-order valence-corrected chi connectivity index (χ2v) is 5.77. The Hall–Kier alpha value is -2.47. The fourth-order valence-electron chi connectivity index (χ4n) is 2.82. The molecule has 24 heavy (non-hydrogen) atoms. The van der Waals surface area contributed by atoms with Crippen LogP contribution in [0.5, 0.6) is 5.75 Å². The molecule has 0 aliphatic carbocycles. The standard InChI is InChI=1S/C18H20FN3O2/c1-24-15-2-3-16(17(19)12-15)18(23)22-10-8-21(9-11-22)13-14-4-6-20-7-5-14/h2-7,12H,8-11,13H2,1H3. The Morgan fingerprint density at radius 2 is 1.88 bits per heavy atom. The predicted molar refractivity (Wildman–Crippen MR) is 88.4 cm³/mol. The molecule has 0 atom stereocenters. The van der Waals surface area contributed by atoms with Crippen LogP contribution < -0.4 is 4.74 Å². The van der Waals surface area contributed by atoms with Crippen molar-refractivity contribution < 1.29 is 13.9 Å². The number of carbonyl (C=O) groups is 1. The molecule has 0 N–H and O–H groups in total. The van der Waals surface area contributed by atoms with Gasteiger partial charge in [0.05, 0.1) is 12.7 Å². The number of methoxy groups -OCH3 is 1. The summed E-state index contributed by atoms with van der Waals surface area (Å²) in [5, 5.41) is 0. The lowest BCUT2D eigenvalue weighted by Gasteiger charge is -2.34. The first-order valence-corrected chi connectivity index (χ1v) is 7.91. The Balaban J connectivity index is 1.59. The van der Waals surface area contributed by atoms with Crippen LogP contribution in [0.15, 0.2) is 42.7 Å². The van der Waals surface area contributed by atoms with Crippen LogP contribution in [0.2, 0.25) is 0 Å². The Morgan fingerprint density at radius 3 is 2.50 bits per heavy atom. The van der Waals surface area contributed by atoms with Crippen molar-refractivity contribution in [1.29, 1.82) is 0 Å². The van der Waals surface area contributed by atoms with E-state index in [-0.39, 0.29) is 11.5 Å². The number of aromatic nitrogens is 1. The highest BCUT2D eigenvalue weighted by molar-refractivity contribution is 5.94. The molecule has 0 radical (unpaired) electrons. The molecule has 1 aliphatic rings. The van der Waals surface area contributed by atoms with E-state index < -0.39 is 5.82 Å². The maximum Gasteiger partial charge on any atom is 0.256 e. The number of benzene rings is 1. The summed E-state index contributed by atoms with van der Waals surface area (Å²) < 4.78 is 19.0. The SMILES string of the molecule is COc1ccc(C(=O)N2CCN(Cc3ccncc3)CC2)c(F)c1. The Kier molecular flexibility index (Phi) is 5.05. The molecule has 2 aromatic rings. The Labute approximate surface area is 140 Å². The molecule has 1 aliphatic heterocycles. The van der Waals surface area contributed by atoms with E-state index in [0.29, 0.717) is 18.8 Å². The molecule has 0 bridgehead atoms. The molecular formula is C18H20FN3O2. The fourth-order valence-corrected chi connectivity index (χ4v) is 2.82. The van der Waals surface area contributed by atoms with Gasteiger partial charge in [0.15, 0.2) is 0 Å². The van der Waals surface area contributed by atoms with E-state index in [2.05, 4.69) is 9.88 Å². The second-order valence-electron chi connectivity index (χ2n) is 5.77. The van der Waals surface area contributed by atoms with Gasteiger partial charge in [-0.2, -0.15) is 0 Å². The van der Waals surface area contributed by atoms with Crippen molar-refractivity contribution in [3.8, 4) is 5.75 Å². The van der Waals surface area contributed by atoms with E-state index in [1.165, 1.54) is 24.8 Å². The molecule has 0 saturated carbocycles. The third-order valence-electron chi connectivity index (χ3n) is 4.22. The van der Waals surface area contributed by atoms with Crippen molar-refractivity contribution >= 4 is 5.91 Å². The second kappa shape index (κ2) is 7.40. The molecule has 0 spiro atoms. The van der Waals surface area contributed by atoms with E-state index in [1.807, 2.05) is 12.1 Å². The minimum Gasteiger partial charge on any atom is -0.497 e. The first kappa shape index (κ1) is 16.4. The molecule has 1 fully saturated rings. The van der Waals surface area contributed by atoms with Gasteiger partial charge in [-0.25, -0.2) is 4.39 Å². The summed E-state index contributed by atoms with van der Waals surface area (Å²) in [5.41, 5.74) is 1.30. The molecule has 126 valence electrons. The van der Waals surface area contributed by atoms with Gasteiger partial charge in [0.25, 0.3) is 5.91 Å². The van der Waals surface area contributed by atoms with Crippen LogP contribution in [0, 0.1) is 5.82 Å². The van der Waals surface area contributed by atoms with Crippen LogP contribution >= 0.6 is 0 Å². The molecule has 1 amide bonds. The van der Waals surface area contributed by atoms with Gasteiger partial charge >= 0.3 is 0 Å². The molecule has 1 saturated heterocycles. The topological polar surface area (TPSA) is 45.7 Å². The quantitative estimate of drug-likeness (QED) is 0.863. The minimum atomic E-state index is -0.543. The highest BCUT2D eigenvalue weighted by atomic mass is 19.1. The van der Waals surface area contributed by atoms with E-state index >= 15 is 0 Å². The van der Waals surface area contributed by atoms with E-state index in [0.717, 1.165) is 19.6 Å². The Morgan fingerprint density at radius 1 is 1.17 bits per heavy atom. The number of ether oxygens (including phenoxy) is 1. The van der Waals surface area contributed by atoms with Crippen molar-refractivity contribution in [3.05, 3.63) is 59.7 Å². The number of hydrogen-bond acceptors (Lipinski definition) is 4. The number of hydrogen-bond donors (Lipinski definition) is 0. The third-order valence-corrected chi connectivity index (χ3v) is 4.22. The normalized spacial score (nSPS) is 15.3. The van der Waals surface area contributed by atoms with Crippen LogP contribution in [0.25, 0.3) is 0 Å². The van der Waals surface area contributed by atoms with E-state index in [1.54, 1.807) is 23.4 Å². The number of amides is 1. The van der Waals surface area contributed by atoms with Gasteiger partial charge in [0.1, 0.15) is 11.6 Å². The summed E-state index contributed by atoms with van der Waals surface area (Å²) in [6.45, 7) is 3.56. The summed E-state index contributed by atoms with van der Waals surface area (Å²) in [4.78, 5) is 20.5. The highest BCUT2D eigenvalue weighted by Gasteiger charge is 2.24. The maximum atomic E-state index is 14.1. The number of pyridine rings is 1. The van der Waals surface area contributed by atoms with Crippen LogP contribution in [0.1, 0.15) is 15.9 Å². The maximum absolute atomic E-state index is 14.1. The first-order valence-electron chi connectivity index (χ1n) is 7.91. The van der Waals surface area contributed by atoms with Gasteiger partial charge in [0, 0.05) is 51.2 Å². The lowest BCUT2D eigenvalue weighted by molar-refractivity contribution is 0.0624. The average molecular weight is 329 g/mol. The monoisotopic (exact) mass is 329 g/mol. The zero-order valence-corrected chi connectivity index (χ0v) is 13.6. The van der Waals surface area contributed by atoms with Crippen LogP contribution in [0.3, 0.4) is 0 Å². The lowest BCUT2D eigenvalue weighted by atomic mass is 10.1. The van der Waals surface area contributed by atoms with Crippen molar-refractivity contribution in [2.75, 3.05) is 33.3 Å². The zero-order valence-electron chi connectivity index (χ0n) is 13.6. The predicted octanol–water partition coefficient (Wildman–Crippen LogP) is 2.19. The third kappa shape index (κ3) is 3.71. The van der Waals surface area contributed by atoms with Gasteiger partial charge in [-0.3, -0.25) is 14.7 Å². The fraction of sp³-hybridized carbons (Fsp3) is 0.333. The number of piperazine rings is 1. The van der Waals surface area contributed by atoms with Crippen LogP contribution in [0.4, 0.5) is 4.39 Å². The van der Waals surface area contributed by atoms with Gasteiger partial charge in [0.2, 0.25) is 0 Å². The molecule has 0 unspecified atom stereocenters. The summed E-state index contributed by atoms with van der Waals surface area (Å²) in [5.74, 6) is -0.400. The molecule has 3 rings (SSSR count). The van der Waals surface area contributed by atoms with Gasteiger partial charge in [-0.1, -0.05) is 0 Å². The van der Waals surface area contributed by atoms with Gasteiger partial charge in [-0.05, 0) is 29.8 Å². The first-order chi connectivity index (χ1) is 11.7. The summed E-state index contributed by atoms with van der Waals surface area (Å²) >= 11 is 0. The number of halogens is 1. The van der Waals surface area contributed by atoms with E-state index in [4.69, 9.17) is 4.74 Å². The largest absolute Gasteiger partial charge is 0.497 e. The number of nitrogens with zero attached hydrogens (tertiary/aromatic N) is 3. The summed E-state index contributed by atoms with van der Waals surface area (Å²) in [6, 6.07) is 8.32. The molecule has 6 heteroatoms. The average Bonchev–Trinajstić information content (AvgIpc) is 2.62.